The van der Waals surface area contributed by atoms with Crippen molar-refractivity contribution in [1.29, 1.82) is 0 Å². The molecule has 0 N–H and O–H groups in total. The number of ketones is 1. The summed E-state index contributed by atoms with van der Waals surface area (Å²) in [5, 5.41) is 8.81. The average molecular weight is 664 g/mol. The van der Waals surface area contributed by atoms with Crippen LogP contribution in [0.1, 0.15) is 109 Å². The monoisotopic (exact) mass is 663 g/mol. The van der Waals surface area contributed by atoms with Crippen molar-refractivity contribution < 1.29 is 19.1 Å². The molecule has 258 valence electrons. The van der Waals surface area contributed by atoms with Gasteiger partial charge in [0.05, 0.1) is 28.1 Å². The van der Waals surface area contributed by atoms with Crippen molar-refractivity contribution in [3.8, 4) is 22.8 Å². The first-order valence-corrected chi connectivity index (χ1v) is 17.8. The van der Waals surface area contributed by atoms with Crippen LogP contribution in [-0.2, 0) is 16.0 Å². The van der Waals surface area contributed by atoms with E-state index in [1.807, 2.05) is 75.5 Å². The molecule has 1 saturated carbocycles. The number of benzene rings is 2. The molecule has 1 aliphatic heterocycles. The van der Waals surface area contributed by atoms with E-state index in [0.717, 1.165) is 71.3 Å². The fraction of sp³-hybridized carbons (Fsp3) is 0.500. The van der Waals surface area contributed by atoms with E-state index in [0.29, 0.717) is 55.0 Å². The predicted octanol–water partition coefficient (Wildman–Crippen LogP) is 9.05. The second-order valence-electron chi connectivity index (χ2n) is 15.2. The van der Waals surface area contributed by atoms with Crippen LogP contribution in [0.2, 0.25) is 0 Å². The molecule has 2 aromatic heterocycles. The van der Waals surface area contributed by atoms with Gasteiger partial charge in [0.15, 0.2) is 0 Å². The molecule has 9 heteroatoms. The van der Waals surface area contributed by atoms with E-state index in [9.17, 15) is 9.59 Å². The SMILES string of the molecule is CC1CCCC(Cc2cc3ncc(C4CCN(C(=O)OC(C)(C)C)CC4)nc3cc2Oc2ccc(-c3ccc(C(C)C)nn3)cc2)C(=O)C1. The highest BCUT2D eigenvalue weighted by molar-refractivity contribution is 5.83. The average Bonchev–Trinajstić information content (AvgIpc) is 3.23. The molecule has 1 amide bonds. The van der Waals surface area contributed by atoms with Gasteiger partial charge in [0.25, 0.3) is 0 Å². The molecule has 1 saturated heterocycles. The minimum absolute atomic E-state index is 0.0399. The van der Waals surface area contributed by atoms with Crippen LogP contribution in [-0.4, -0.2) is 55.6 Å². The molecular weight excluding hydrogens is 614 g/mol. The Balaban J connectivity index is 1.25. The Morgan fingerprint density at radius 3 is 2.39 bits per heavy atom. The van der Waals surface area contributed by atoms with Crippen molar-refractivity contribution in [3.05, 3.63) is 71.7 Å². The summed E-state index contributed by atoms with van der Waals surface area (Å²) >= 11 is 0. The third-order valence-corrected chi connectivity index (χ3v) is 9.68. The normalized spacial score (nSPS) is 19.2. The first-order valence-electron chi connectivity index (χ1n) is 17.8. The van der Waals surface area contributed by atoms with E-state index in [2.05, 4.69) is 31.0 Å². The highest BCUT2D eigenvalue weighted by atomic mass is 16.6. The third-order valence-electron chi connectivity index (χ3n) is 9.68. The van der Waals surface area contributed by atoms with Gasteiger partial charge in [0.1, 0.15) is 22.9 Å². The van der Waals surface area contributed by atoms with Crippen molar-refractivity contribution in [2.24, 2.45) is 11.8 Å². The predicted molar refractivity (Wildman–Crippen MR) is 191 cm³/mol. The maximum Gasteiger partial charge on any atom is 0.410 e. The van der Waals surface area contributed by atoms with Crippen LogP contribution in [0.25, 0.3) is 22.3 Å². The molecule has 2 aromatic carbocycles. The number of ether oxygens (including phenoxy) is 2. The fourth-order valence-electron chi connectivity index (χ4n) is 6.83. The molecule has 0 radical (unpaired) electrons. The molecule has 2 aliphatic rings. The third kappa shape index (κ3) is 8.61. The van der Waals surface area contributed by atoms with Gasteiger partial charge in [0.2, 0.25) is 0 Å². The van der Waals surface area contributed by atoms with Crippen molar-refractivity contribution in [2.75, 3.05) is 13.1 Å². The van der Waals surface area contributed by atoms with Gasteiger partial charge >= 0.3 is 6.09 Å². The lowest BCUT2D eigenvalue weighted by molar-refractivity contribution is -0.123. The summed E-state index contributed by atoms with van der Waals surface area (Å²) in [5.41, 5.74) is 5.63. The van der Waals surface area contributed by atoms with E-state index in [4.69, 9.17) is 19.4 Å². The Kier molecular flexibility index (Phi) is 10.3. The molecule has 9 nitrogen and oxygen atoms in total. The van der Waals surface area contributed by atoms with E-state index >= 15 is 0 Å². The summed E-state index contributed by atoms with van der Waals surface area (Å²) in [6.07, 6.45) is 7.46. The maximum atomic E-state index is 13.2. The number of nitrogens with zero attached hydrogens (tertiary/aromatic N) is 5. The van der Waals surface area contributed by atoms with Crippen molar-refractivity contribution in [1.82, 2.24) is 25.1 Å². The second kappa shape index (κ2) is 14.6. The summed E-state index contributed by atoms with van der Waals surface area (Å²) in [4.78, 5) is 37.5. The Labute approximate surface area is 289 Å². The van der Waals surface area contributed by atoms with Crippen molar-refractivity contribution >= 4 is 22.9 Å². The van der Waals surface area contributed by atoms with Crippen LogP contribution in [0.4, 0.5) is 4.79 Å². The maximum absolute atomic E-state index is 13.2. The van der Waals surface area contributed by atoms with Crippen LogP contribution in [0.3, 0.4) is 0 Å². The largest absolute Gasteiger partial charge is 0.457 e. The summed E-state index contributed by atoms with van der Waals surface area (Å²) in [6, 6.07) is 15.9. The minimum Gasteiger partial charge on any atom is -0.457 e. The number of fused-ring (bicyclic) bond motifs is 1. The number of carbonyl (C=O) groups excluding carboxylic acids is 2. The highest BCUT2D eigenvalue weighted by Crippen LogP contribution is 2.36. The smallest absolute Gasteiger partial charge is 0.410 e. The number of Topliss-reactive ketones (excluding diaryl/α,β-unsaturated/α-hetero) is 1. The zero-order chi connectivity index (χ0) is 34.7. The lowest BCUT2D eigenvalue weighted by Crippen LogP contribution is -2.41. The number of carbonyl (C=O) groups is 2. The van der Waals surface area contributed by atoms with Gasteiger partial charge in [-0.2, -0.15) is 10.2 Å². The lowest BCUT2D eigenvalue weighted by atomic mass is 9.90. The van der Waals surface area contributed by atoms with Gasteiger partial charge in [-0.15, -0.1) is 0 Å². The summed E-state index contributed by atoms with van der Waals surface area (Å²) in [5.74, 6) is 2.62. The topological polar surface area (TPSA) is 107 Å². The molecule has 1 aliphatic carbocycles. The molecule has 2 unspecified atom stereocenters. The van der Waals surface area contributed by atoms with E-state index in [1.165, 1.54) is 0 Å². The molecule has 2 atom stereocenters. The first kappa shape index (κ1) is 34.5. The van der Waals surface area contributed by atoms with Gasteiger partial charge in [-0.1, -0.05) is 33.6 Å². The number of likely N-dealkylation sites (tertiary alicyclic amines) is 1. The summed E-state index contributed by atoms with van der Waals surface area (Å²) < 4.78 is 12.2. The van der Waals surface area contributed by atoms with Gasteiger partial charge in [-0.25, -0.2) is 9.78 Å². The molecule has 3 heterocycles. The number of amides is 1. The van der Waals surface area contributed by atoms with E-state index in [-0.39, 0.29) is 17.9 Å². The van der Waals surface area contributed by atoms with E-state index < -0.39 is 5.60 Å². The fourth-order valence-corrected chi connectivity index (χ4v) is 6.83. The standard InChI is InChI=1S/C40H49N5O4/c1-25(2)32-14-15-33(44-43-32)27-10-12-31(13-11-27)48-38-23-35-34(22-30(38)21-29-9-7-8-26(3)20-37(29)46)41-24-36(42-35)28-16-18-45(19-17-28)39(47)49-40(4,5)6/h10-15,22-26,28-29H,7-9,16-21H2,1-6H3. The van der Waals surface area contributed by atoms with Gasteiger partial charge in [-0.3, -0.25) is 9.78 Å². The number of rotatable bonds is 7. The van der Waals surface area contributed by atoms with Gasteiger partial charge in [-0.05, 0) is 106 Å². The van der Waals surface area contributed by atoms with Crippen LogP contribution in [0.15, 0.2) is 54.7 Å². The lowest BCUT2D eigenvalue weighted by Gasteiger charge is -2.33. The first-order chi connectivity index (χ1) is 23.4. The Bertz CT molecular complexity index is 1770. The van der Waals surface area contributed by atoms with Crippen molar-refractivity contribution in [3.63, 3.8) is 0 Å². The zero-order valence-corrected chi connectivity index (χ0v) is 29.7. The van der Waals surface area contributed by atoms with Crippen LogP contribution < -0.4 is 4.74 Å². The number of piperidine rings is 1. The Hall–Kier alpha value is -4.40. The molecule has 2 fully saturated rings. The molecule has 0 bridgehead atoms. The van der Waals surface area contributed by atoms with Gasteiger partial charge < -0.3 is 14.4 Å². The number of hydrogen-bond acceptors (Lipinski definition) is 8. The molecule has 6 rings (SSSR count). The number of aromatic nitrogens is 4. The molecule has 49 heavy (non-hydrogen) atoms. The van der Waals surface area contributed by atoms with Crippen LogP contribution >= 0.6 is 0 Å². The quantitative estimate of drug-likeness (QED) is 0.180. The van der Waals surface area contributed by atoms with Crippen molar-refractivity contribution in [2.45, 2.75) is 104 Å². The zero-order valence-electron chi connectivity index (χ0n) is 29.7. The molecular formula is C40H49N5O4. The number of hydrogen-bond donors (Lipinski definition) is 0. The van der Waals surface area contributed by atoms with Crippen LogP contribution in [0.5, 0.6) is 11.5 Å². The Morgan fingerprint density at radius 1 is 0.959 bits per heavy atom. The minimum atomic E-state index is -0.519. The molecule has 0 spiro atoms. The van der Waals surface area contributed by atoms with Gasteiger partial charge in [0, 0.05) is 49.2 Å². The van der Waals surface area contributed by atoms with Crippen LogP contribution in [0, 0.1) is 11.8 Å². The Morgan fingerprint density at radius 2 is 1.71 bits per heavy atom. The summed E-state index contributed by atoms with van der Waals surface area (Å²) in [7, 11) is 0. The van der Waals surface area contributed by atoms with E-state index in [1.54, 1.807) is 4.90 Å². The summed E-state index contributed by atoms with van der Waals surface area (Å²) in [6.45, 7) is 13.3. The molecule has 4 aromatic rings. The second-order valence-corrected chi connectivity index (χ2v) is 15.2. The highest BCUT2D eigenvalue weighted by Gasteiger charge is 2.29.